The topological polar surface area (TPSA) is 69.9 Å². The van der Waals surface area contributed by atoms with Crippen molar-refractivity contribution in [1.82, 2.24) is 0 Å². The van der Waals surface area contributed by atoms with E-state index in [2.05, 4.69) is 12.1 Å². The fraction of sp³-hybridized carbons (Fsp3) is 0.750. The quantitative estimate of drug-likeness (QED) is 0.279. The normalized spacial score (nSPS) is 11.6. The Bertz CT molecular complexity index is 166. The maximum absolute atomic E-state index is 10.3. The Morgan fingerprint density at radius 2 is 2.00 bits per heavy atom. The van der Waals surface area contributed by atoms with E-state index in [0.717, 1.165) is 25.7 Å². The van der Waals surface area contributed by atoms with E-state index in [4.69, 9.17) is 10.3 Å². The minimum Gasteiger partial charge on any atom is -0.477 e. The number of hydrogen-bond donors (Lipinski definition) is 2. The van der Waals surface area contributed by atoms with Gasteiger partial charge in [-0.05, 0) is 6.42 Å². The zero-order valence-corrected chi connectivity index (χ0v) is 7.29. The highest BCUT2D eigenvalue weighted by Gasteiger charge is 2.08. The van der Waals surface area contributed by atoms with Crippen molar-refractivity contribution in [2.24, 2.45) is 5.16 Å². The van der Waals surface area contributed by atoms with Crippen LogP contribution in [0.1, 0.15) is 39.0 Å². The molecule has 2 N–H and O–H groups in total. The smallest absolute Gasteiger partial charge is 0.353 e. The second-order valence-electron chi connectivity index (χ2n) is 2.66. The fourth-order valence-electron chi connectivity index (χ4n) is 0.919. The van der Waals surface area contributed by atoms with E-state index in [1.165, 1.54) is 0 Å². The van der Waals surface area contributed by atoms with Gasteiger partial charge in [-0.3, -0.25) is 0 Å². The molecule has 0 aromatic rings. The molecule has 0 amide bonds. The Morgan fingerprint density at radius 3 is 2.42 bits per heavy atom. The third kappa shape index (κ3) is 4.71. The molecule has 12 heavy (non-hydrogen) atoms. The van der Waals surface area contributed by atoms with Crippen molar-refractivity contribution in [2.45, 2.75) is 39.0 Å². The van der Waals surface area contributed by atoms with Crippen LogP contribution in [0.3, 0.4) is 0 Å². The predicted molar refractivity (Wildman–Crippen MR) is 45.6 cm³/mol. The minimum absolute atomic E-state index is 0.147. The highest BCUT2D eigenvalue weighted by atomic mass is 16.4. The molecular weight excluding hydrogens is 158 g/mol. The van der Waals surface area contributed by atoms with Crippen LogP contribution in [0.4, 0.5) is 0 Å². The second kappa shape index (κ2) is 6.64. The van der Waals surface area contributed by atoms with Crippen LogP contribution in [0.25, 0.3) is 0 Å². The van der Waals surface area contributed by atoms with Gasteiger partial charge in [0.2, 0.25) is 0 Å². The molecule has 0 aliphatic rings. The van der Waals surface area contributed by atoms with Crippen LogP contribution in [0.15, 0.2) is 5.16 Å². The summed E-state index contributed by atoms with van der Waals surface area (Å²) in [6.45, 7) is 2.08. The molecule has 4 nitrogen and oxygen atoms in total. The van der Waals surface area contributed by atoms with Crippen LogP contribution >= 0.6 is 0 Å². The number of carbonyl (C=O) groups is 1. The highest BCUT2D eigenvalue weighted by molar-refractivity contribution is 6.35. The third-order valence-electron chi connectivity index (χ3n) is 1.63. The second-order valence-corrected chi connectivity index (χ2v) is 2.66. The lowest BCUT2D eigenvalue weighted by molar-refractivity contribution is -0.129. The van der Waals surface area contributed by atoms with Crippen LogP contribution in [0.2, 0.25) is 0 Å². The zero-order chi connectivity index (χ0) is 9.40. The van der Waals surface area contributed by atoms with Gasteiger partial charge < -0.3 is 10.3 Å². The number of carboxylic acids is 1. The molecule has 0 saturated carbocycles. The fourth-order valence-corrected chi connectivity index (χ4v) is 0.919. The van der Waals surface area contributed by atoms with Crippen molar-refractivity contribution in [1.29, 1.82) is 0 Å². The molecule has 0 aliphatic carbocycles. The van der Waals surface area contributed by atoms with E-state index in [1.807, 2.05) is 0 Å². The van der Waals surface area contributed by atoms with Gasteiger partial charge in [-0.25, -0.2) is 4.79 Å². The van der Waals surface area contributed by atoms with E-state index in [9.17, 15) is 4.79 Å². The van der Waals surface area contributed by atoms with E-state index < -0.39 is 5.97 Å². The van der Waals surface area contributed by atoms with Gasteiger partial charge in [-0.2, -0.15) is 0 Å². The summed E-state index contributed by atoms with van der Waals surface area (Å²) in [5, 5.41) is 19.4. The Balaban J connectivity index is 3.54. The van der Waals surface area contributed by atoms with Gasteiger partial charge in [-0.15, -0.1) is 0 Å². The number of oxime groups is 1. The molecule has 0 saturated heterocycles. The van der Waals surface area contributed by atoms with Crippen LogP contribution < -0.4 is 0 Å². The first-order valence-corrected chi connectivity index (χ1v) is 4.16. The summed E-state index contributed by atoms with van der Waals surface area (Å²) >= 11 is 0. The first kappa shape index (κ1) is 10.9. The van der Waals surface area contributed by atoms with Gasteiger partial charge in [0.05, 0.1) is 0 Å². The average molecular weight is 173 g/mol. The summed E-state index contributed by atoms with van der Waals surface area (Å²) in [4.78, 5) is 10.3. The molecule has 0 aromatic carbocycles. The van der Waals surface area contributed by atoms with Gasteiger partial charge in [0.25, 0.3) is 0 Å². The summed E-state index contributed by atoms with van der Waals surface area (Å²) in [5.41, 5.74) is -0.147. The molecule has 4 heteroatoms. The molecule has 0 aliphatic heterocycles. The molecule has 0 radical (unpaired) electrons. The summed E-state index contributed by atoms with van der Waals surface area (Å²) < 4.78 is 0. The number of unbranched alkanes of at least 4 members (excludes halogenated alkanes) is 3. The Morgan fingerprint density at radius 1 is 1.33 bits per heavy atom. The minimum atomic E-state index is -1.13. The molecule has 0 rings (SSSR count). The van der Waals surface area contributed by atoms with Crippen molar-refractivity contribution >= 4 is 11.7 Å². The third-order valence-corrected chi connectivity index (χ3v) is 1.63. The maximum Gasteiger partial charge on any atom is 0.353 e. The van der Waals surface area contributed by atoms with Crippen molar-refractivity contribution in [2.75, 3.05) is 0 Å². The van der Waals surface area contributed by atoms with E-state index in [1.54, 1.807) is 0 Å². The number of carboxylic acid groups (broad SMARTS) is 1. The SMILES string of the molecule is CCCCCCC(=NO)C(=O)O. The van der Waals surface area contributed by atoms with Crippen molar-refractivity contribution < 1.29 is 15.1 Å². The molecule has 0 spiro atoms. The lowest BCUT2D eigenvalue weighted by Crippen LogP contribution is -2.12. The maximum atomic E-state index is 10.3. The molecule has 0 aromatic heterocycles. The number of rotatable bonds is 6. The number of hydrogen-bond acceptors (Lipinski definition) is 3. The Labute approximate surface area is 71.9 Å². The molecular formula is C8H15NO3. The Kier molecular flexibility index (Phi) is 6.05. The van der Waals surface area contributed by atoms with E-state index in [0.29, 0.717) is 6.42 Å². The van der Waals surface area contributed by atoms with Gasteiger partial charge in [0.1, 0.15) is 0 Å². The standard InChI is InChI=1S/C8H15NO3/c1-2-3-4-5-6-7(9-12)8(10)11/h12H,2-6H2,1H3,(H,10,11). The number of aliphatic carboxylic acids is 1. The summed E-state index contributed by atoms with van der Waals surface area (Å²) in [6.07, 6.45) is 4.32. The van der Waals surface area contributed by atoms with Crippen molar-refractivity contribution in [3.8, 4) is 0 Å². The molecule has 0 bridgehead atoms. The monoisotopic (exact) mass is 173 g/mol. The van der Waals surface area contributed by atoms with Crippen LogP contribution in [0.5, 0.6) is 0 Å². The van der Waals surface area contributed by atoms with Gasteiger partial charge in [0.15, 0.2) is 5.71 Å². The molecule has 0 unspecified atom stereocenters. The molecule has 70 valence electrons. The summed E-state index contributed by atoms with van der Waals surface area (Å²) in [7, 11) is 0. The molecule has 0 atom stereocenters. The van der Waals surface area contributed by atoms with Gasteiger partial charge >= 0.3 is 5.97 Å². The number of nitrogens with zero attached hydrogens (tertiary/aromatic N) is 1. The predicted octanol–water partition coefficient (Wildman–Crippen LogP) is 1.87. The largest absolute Gasteiger partial charge is 0.477 e. The highest BCUT2D eigenvalue weighted by Crippen LogP contribution is 2.03. The summed E-state index contributed by atoms with van der Waals surface area (Å²) in [5.74, 6) is -1.13. The van der Waals surface area contributed by atoms with E-state index >= 15 is 0 Å². The van der Waals surface area contributed by atoms with E-state index in [-0.39, 0.29) is 5.71 Å². The van der Waals surface area contributed by atoms with Crippen LogP contribution in [-0.2, 0) is 4.79 Å². The summed E-state index contributed by atoms with van der Waals surface area (Å²) in [6, 6.07) is 0. The van der Waals surface area contributed by atoms with Crippen LogP contribution in [0, 0.1) is 0 Å². The molecule has 0 heterocycles. The van der Waals surface area contributed by atoms with Gasteiger partial charge in [-0.1, -0.05) is 31.3 Å². The van der Waals surface area contributed by atoms with Crippen LogP contribution in [-0.4, -0.2) is 22.0 Å². The van der Waals surface area contributed by atoms with Gasteiger partial charge in [0, 0.05) is 6.42 Å². The lowest BCUT2D eigenvalue weighted by atomic mass is 10.1. The van der Waals surface area contributed by atoms with Crippen molar-refractivity contribution in [3.05, 3.63) is 0 Å². The zero-order valence-electron chi connectivity index (χ0n) is 7.29. The first-order valence-electron chi connectivity index (χ1n) is 4.16. The molecule has 0 fully saturated rings. The van der Waals surface area contributed by atoms with Crippen molar-refractivity contribution in [3.63, 3.8) is 0 Å². The average Bonchev–Trinajstić information content (AvgIpc) is 2.04. The lowest BCUT2D eigenvalue weighted by Gasteiger charge is -1.97. The Hall–Kier alpha value is -1.06. The first-order chi connectivity index (χ1) is 5.72.